The minimum absolute atomic E-state index is 0.318. The number of hydrogen-bond donors (Lipinski definition) is 1. The number of benzene rings is 1. The van der Waals surface area contributed by atoms with Crippen molar-refractivity contribution in [3.8, 4) is 0 Å². The molecule has 1 aromatic carbocycles. The minimum atomic E-state index is -0.318. The zero-order chi connectivity index (χ0) is 12.3. The lowest BCUT2D eigenvalue weighted by Crippen LogP contribution is -2.03. The van der Waals surface area contributed by atoms with E-state index < -0.39 is 0 Å². The number of hydrogen-bond acceptors (Lipinski definition) is 2. The van der Waals surface area contributed by atoms with Gasteiger partial charge < -0.3 is 9.88 Å². The van der Waals surface area contributed by atoms with Crippen molar-refractivity contribution in [2.45, 2.75) is 6.54 Å². The summed E-state index contributed by atoms with van der Waals surface area (Å²) in [6.45, 7) is 4.28. The Bertz CT molecular complexity index is 536. The van der Waals surface area contributed by atoms with E-state index >= 15 is 0 Å². The molecule has 1 N–H and O–H groups in total. The number of halogens is 2. The fourth-order valence-electron chi connectivity index (χ4n) is 1.43. The van der Waals surface area contributed by atoms with Gasteiger partial charge in [-0.2, -0.15) is 0 Å². The summed E-state index contributed by atoms with van der Waals surface area (Å²) in [6, 6.07) is 4.71. The zero-order valence-electron chi connectivity index (χ0n) is 9.03. The van der Waals surface area contributed by atoms with Gasteiger partial charge in [-0.05, 0) is 18.2 Å². The Morgan fingerprint density at radius 1 is 1.53 bits per heavy atom. The predicted octanol–water partition coefficient (Wildman–Crippen LogP) is 3.71. The highest BCUT2D eigenvalue weighted by Crippen LogP contribution is 2.23. The highest BCUT2D eigenvalue weighted by molar-refractivity contribution is 9.10. The maximum Gasteiger partial charge on any atom is 0.207 e. The molecule has 0 atom stereocenters. The maximum atomic E-state index is 13.5. The van der Waals surface area contributed by atoms with Crippen molar-refractivity contribution < 1.29 is 4.39 Å². The fourth-order valence-corrected chi connectivity index (χ4v) is 1.79. The van der Waals surface area contributed by atoms with E-state index in [-0.39, 0.29) is 5.82 Å². The molecule has 1 heterocycles. The lowest BCUT2D eigenvalue weighted by atomic mass is 10.3. The van der Waals surface area contributed by atoms with Gasteiger partial charge in [-0.25, -0.2) is 9.37 Å². The number of allylic oxidation sites excluding steroid dienone is 1. The second-order valence-electron chi connectivity index (χ2n) is 3.44. The first kappa shape index (κ1) is 11.9. The van der Waals surface area contributed by atoms with E-state index in [0.29, 0.717) is 18.2 Å². The zero-order valence-corrected chi connectivity index (χ0v) is 10.6. The molecule has 0 amide bonds. The third-order valence-corrected chi connectivity index (χ3v) is 2.71. The molecule has 0 saturated heterocycles. The van der Waals surface area contributed by atoms with Crippen LogP contribution in [-0.4, -0.2) is 9.55 Å². The van der Waals surface area contributed by atoms with Gasteiger partial charge in [0.15, 0.2) is 0 Å². The molecule has 0 aliphatic rings. The Hall–Kier alpha value is -1.62. The van der Waals surface area contributed by atoms with Crippen LogP contribution in [0.4, 0.5) is 16.0 Å². The first-order valence-corrected chi connectivity index (χ1v) is 5.84. The molecule has 0 bridgehead atoms. The third-order valence-electron chi connectivity index (χ3n) is 2.22. The molecule has 1 aromatic heterocycles. The van der Waals surface area contributed by atoms with Crippen LogP contribution in [-0.2, 0) is 6.54 Å². The summed E-state index contributed by atoms with van der Waals surface area (Å²) >= 11 is 3.30. The maximum absolute atomic E-state index is 13.5. The third kappa shape index (κ3) is 2.74. The normalized spacial score (nSPS) is 10.2. The molecule has 17 heavy (non-hydrogen) atoms. The van der Waals surface area contributed by atoms with Gasteiger partial charge in [0.1, 0.15) is 5.82 Å². The van der Waals surface area contributed by atoms with Crippen LogP contribution >= 0.6 is 15.9 Å². The quantitative estimate of drug-likeness (QED) is 0.872. The van der Waals surface area contributed by atoms with Crippen molar-refractivity contribution in [1.82, 2.24) is 9.55 Å². The summed E-state index contributed by atoms with van der Waals surface area (Å²) in [5.41, 5.74) is 0.385. The van der Waals surface area contributed by atoms with Gasteiger partial charge >= 0.3 is 0 Å². The summed E-state index contributed by atoms with van der Waals surface area (Å²) in [5.74, 6) is 0.267. The Labute approximate surface area is 107 Å². The minimum Gasteiger partial charge on any atom is -0.323 e. The molecule has 88 valence electrons. The second kappa shape index (κ2) is 5.14. The van der Waals surface area contributed by atoms with E-state index in [4.69, 9.17) is 0 Å². The van der Waals surface area contributed by atoms with Gasteiger partial charge in [0.05, 0.1) is 5.69 Å². The average molecular weight is 296 g/mol. The molecule has 0 aliphatic heterocycles. The van der Waals surface area contributed by atoms with Crippen LogP contribution in [0, 0.1) is 5.82 Å². The first-order valence-electron chi connectivity index (χ1n) is 5.05. The molecule has 0 saturated carbocycles. The average Bonchev–Trinajstić information content (AvgIpc) is 2.72. The summed E-state index contributed by atoms with van der Waals surface area (Å²) in [5, 5.41) is 2.95. The van der Waals surface area contributed by atoms with Crippen molar-refractivity contribution in [1.29, 1.82) is 0 Å². The van der Waals surface area contributed by atoms with Crippen LogP contribution in [0.3, 0.4) is 0 Å². The number of imidazole rings is 1. The summed E-state index contributed by atoms with van der Waals surface area (Å²) < 4.78 is 16.2. The number of aromatic nitrogens is 2. The molecule has 0 fully saturated rings. The van der Waals surface area contributed by atoms with Gasteiger partial charge in [-0.15, -0.1) is 6.58 Å². The topological polar surface area (TPSA) is 29.9 Å². The Morgan fingerprint density at radius 2 is 2.35 bits per heavy atom. The van der Waals surface area contributed by atoms with Gasteiger partial charge in [0.25, 0.3) is 0 Å². The van der Waals surface area contributed by atoms with Crippen molar-refractivity contribution in [2.24, 2.45) is 0 Å². The molecule has 0 unspecified atom stereocenters. The van der Waals surface area contributed by atoms with Crippen LogP contribution in [0.1, 0.15) is 0 Å². The van der Waals surface area contributed by atoms with Gasteiger partial charge in [-0.1, -0.05) is 22.0 Å². The lowest BCUT2D eigenvalue weighted by Gasteiger charge is -2.09. The van der Waals surface area contributed by atoms with Crippen molar-refractivity contribution in [2.75, 3.05) is 5.32 Å². The van der Waals surface area contributed by atoms with Gasteiger partial charge in [0.2, 0.25) is 5.95 Å². The summed E-state index contributed by atoms with van der Waals surface area (Å²) in [7, 11) is 0. The molecular weight excluding hydrogens is 285 g/mol. The smallest absolute Gasteiger partial charge is 0.207 e. The summed E-state index contributed by atoms with van der Waals surface area (Å²) in [6.07, 6.45) is 5.21. The Morgan fingerprint density at radius 3 is 3.12 bits per heavy atom. The van der Waals surface area contributed by atoms with Crippen molar-refractivity contribution in [3.05, 3.63) is 53.5 Å². The van der Waals surface area contributed by atoms with E-state index in [9.17, 15) is 4.39 Å². The largest absolute Gasteiger partial charge is 0.323 e. The van der Waals surface area contributed by atoms with Gasteiger partial charge in [-0.3, -0.25) is 0 Å². The van der Waals surface area contributed by atoms with E-state index in [2.05, 4.69) is 32.8 Å². The van der Waals surface area contributed by atoms with E-state index in [1.807, 2.05) is 4.57 Å². The van der Waals surface area contributed by atoms with E-state index in [0.717, 1.165) is 4.47 Å². The van der Waals surface area contributed by atoms with Crippen LogP contribution in [0.15, 0.2) is 47.7 Å². The predicted molar refractivity (Wildman–Crippen MR) is 69.8 cm³/mol. The number of anilines is 2. The van der Waals surface area contributed by atoms with Gasteiger partial charge in [0, 0.05) is 23.4 Å². The second-order valence-corrected chi connectivity index (χ2v) is 4.36. The molecule has 2 rings (SSSR count). The number of nitrogens with one attached hydrogen (secondary N) is 1. The molecule has 3 nitrogen and oxygen atoms in total. The highest BCUT2D eigenvalue weighted by atomic mass is 79.9. The molecule has 0 spiro atoms. The van der Waals surface area contributed by atoms with E-state index in [1.54, 1.807) is 30.6 Å². The standard InChI is InChI=1S/C12H11BrFN3/c1-2-6-17-7-5-15-12(17)16-11-8-9(13)3-4-10(11)14/h2-5,7-8H,1,6H2,(H,15,16). The number of rotatable bonds is 4. The number of nitrogens with zero attached hydrogens (tertiary/aromatic N) is 2. The highest BCUT2D eigenvalue weighted by Gasteiger charge is 2.06. The van der Waals surface area contributed by atoms with Crippen molar-refractivity contribution >= 4 is 27.6 Å². The Kier molecular flexibility index (Phi) is 3.58. The van der Waals surface area contributed by atoms with Crippen molar-refractivity contribution in [3.63, 3.8) is 0 Å². The van der Waals surface area contributed by atoms with Crippen LogP contribution < -0.4 is 5.32 Å². The van der Waals surface area contributed by atoms with E-state index in [1.165, 1.54) is 6.07 Å². The Balaban J connectivity index is 2.27. The first-order chi connectivity index (χ1) is 8.20. The van der Waals surface area contributed by atoms with Crippen LogP contribution in [0.5, 0.6) is 0 Å². The lowest BCUT2D eigenvalue weighted by molar-refractivity contribution is 0.631. The monoisotopic (exact) mass is 295 g/mol. The van der Waals surface area contributed by atoms with Crippen LogP contribution in [0.2, 0.25) is 0 Å². The molecule has 2 aromatic rings. The fraction of sp³-hybridized carbons (Fsp3) is 0.0833. The molecule has 5 heteroatoms. The molecule has 0 aliphatic carbocycles. The molecular formula is C12H11BrFN3. The SMILES string of the molecule is C=CCn1ccnc1Nc1cc(Br)ccc1F. The molecule has 0 radical (unpaired) electrons. The summed E-state index contributed by atoms with van der Waals surface area (Å²) in [4.78, 5) is 4.12. The van der Waals surface area contributed by atoms with Crippen LogP contribution in [0.25, 0.3) is 0 Å².